The molecule has 0 aliphatic heterocycles. The third-order valence-electron chi connectivity index (χ3n) is 3.21. The highest BCUT2D eigenvalue weighted by molar-refractivity contribution is 7.12. The van der Waals surface area contributed by atoms with E-state index in [0.717, 1.165) is 11.3 Å². The smallest absolute Gasteiger partial charge is 0.167 e. The molecule has 0 aromatic carbocycles. The number of hydrogen-bond acceptors (Lipinski definition) is 5. The third-order valence-corrected chi connectivity index (χ3v) is 4.37. The van der Waals surface area contributed by atoms with Crippen LogP contribution in [0.2, 0.25) is 0 Å². The molecular formula is C14H16N4S. The second-order valence-electron chi connectivity index (χ2n) is 4.55. The van der Waals surface area contributed by atoms with E-state index >= 15 is 0 Å². The zero-order valence-corrected chi connectivity index (χ0v) is 12.4. The van der Waals surface area contributed by atoms with Gasteiger partial charge >= 0.3 is 0 Å². The van der Waals surface area contributed by atoms with Crippen molar-refractivity contribution in [2.75, 3.05) is 5.32 Å². The Morgan fingerprint density at radius 2 is 2.00 bits per heavy atom. The van der Waals surface area contributed by atoms with E-state index in [4.69, 9.17) is 0 Å². The molecule has 2 aromatic heterocycles. The molecule has 2 aromatic rings. The molecule has 0 saturated carbocycles. The normalized spacial score (nSPS) is 10.3. The molecule has 98 valence electrons. The summed E-state index contributed by atoms with van der Waals surface area (Å²) in [7, 11) is 0. The fraction of sp³-hybridized carbons (Fsp3) is 0.357. The second kappa shape index (κ2) is 5.37. The fourth-order valence-electron chi connectivity index (χ4n) is 1.78. The van der Waals surface area contributed by atoms with Gasteiger partial charge in [-0.3, -0.25) is 0 Å². The predicted octanol–water partition coefficient (Wildman–Crippen LogP) is 3.26. The average molecular weight is 272 g/mol. The number of nitrogens with one attached hydrogen (secondary N) is 1. The Labute approximate surface area is 117 Å². The van der Waals surface area contributed by atoms with Gasteiger partial charge in [-0.2, -0.15) is 10.4 Å². The van der Waals surface area contributed by atoms with Gasteiger partial charge in [0.1, 0.15) is 11.6 Å². The molecule has 0 saturated heterocycles. The van der Waals surface area contributed by atoms with Crippen LogP contribution < -0.4 is 5.32 Å². The van der Waals surface area contributed by atoms with E-state index in [1.165, 1.54) is 15.3 Å². The summed E-state index contributed by atoms with van der Waals surface area (Å²) in [5.74, 6) is 0.564. The summed E-state index contributed by atoms with van der Waals surface area (Å²) in [6, 6.07) is 4.36. The summed E-state index contributed by atoms with van der Waals surface area (Å²) < 4.78 is 0. The molecule has 5 heteroatoms. The lowest BCUT2D eigenvalue weighted by Crippen LogP contribution is -2.06. The van der Waals surface area contributed by atoms with Gasteiger partial charge in [0.2, 0.25) is 0 Å². The number of anilines is 1. The number of hydrogen-bond donors (Lipinski definition) is 1. The van der Waals surface area contributed by atoms with Crippen LogP contribution in [0.15, 0.2) is 6.07 Å². The molecule has 19 heavy (non-hydrogen) atoms. The molecule has 0 aliphatic carbocycles. The number of thiophene rings is 1. The molecule has 0 spiro atoms. The van der Waals surface area contributed by atoms with Gasteiger partial charge in [0.05, 0.1) is 12.2 Å². The van der Waals surface area contributed by atoms with Crippen molar-refractivity contribution < 1.29 is 0 Å². The van der Waals surface area contributed by atoms with Crippen molar-refractivity contribution in [2.45, 2.75) is 34.2 Å². The first-order valence-electron chi connectivity index (χ1n) is 6.06. The summed E-state index contributed by atoms with van der Waals surface area (Å²) in [4.78, 5) is 2.56. The van der Waals surface area contributed by atoms with E-state index in [9.17, 15) is 5.26 Å². The third kappa shape index (κ3) is 2.74. The van der Waals surface area contributed by atoms with Crippen LogP contribution >= 0.6 is 11.3 Å². The van der Waals surface area contributed by atoms with Crippen LogP contribution in [0.3, 0.4) is 0 Å². The predicted molar refractivity (Wildman–Crippen MR) is 77.3 cm³/mol. The van der Waals surface area contributed by atoms with Crippen LogP contribution in [0.1, 0.15) is 32.1 Å². The molecule has 2 heterocycles. The van der Waals surface area contributed by atoms with Crippen LogP contribution in [0.5, 0.6) is 0 Å². The van der Waals surface area contributed by atoms with Crippen molar-refractivity contribution >= 4 is 17.2 Å². The zero-order chi connectivity index (χ0) is 14.0. The van der Waals surface area contributed by atoms with E-state index < -0.39 is 0 Å². The van der Waals surface area contributed by atoms with Crippen LogP contribution in [-0.4, -0.2) is 10.2 Å². The highest BCUT2D eigenvalue weighted by Gasteiger charge is 2.11. The average Bonchev–Trinajstić information content (AvgIpc) is 2.70. The minimum atomic E-state index is 0.564. The lowest BCUT2D eigenvalue weighted by molar-refractivity contribution is 0.943. The quantitative estimate of drug-likeness (QED) is 0.931. The van der Waals surface area contributed by atoms with Crippen molar-refractivity contribution in [2.24, 2.45) is 0 Å². The molecule has 2 rings (SSSR count). The zero-order valence-electron chi connectivity index (χ0n) is 11.5. The summed E-state index contributed by atoms with van der Waals surface area (Å²) in [5.41, 5.74) is 3.56. The van der Waals surface area contributed by atoms with Crippen molar-refractivity contribution in [3.8, 4) is 6.07 Å². The van der Waals surface area contributed by atoms with Crippen LogP contribution in [0.25, 0.3) is 0 Å². The Morgan fingerprint density at radius 1 is 1.26 bits per heavy atom. The van der Waals surface area contributed by atoms with E-state index in [1.54, 1.807) is 11.3 Å². The number of aromatic nitrogens is 2. The molecule has 0 unspecified atom stereocenters. The largest absolute Gasteiger partial charge is 0.363 e. The van der Waals surface area contributed by atoms with Gasteiger partial charge in [-0.25, -0.2) is 0 Å². The number of rotatable bonds is 3. The molecule has 0 bridgehead atoms. The Morgan fingerprint density at radius 3 is 2.58 bits per heavy atom. The number of nitrogens with zero attached hydrogens (tertiary/aromatic N) is 3. The first kappa shape index (κ1) is 13.5. The van der Waals surface area contributed by atoms with Crippen LogP contribution in [0, 0.1) is 39.0 Å². The Bertz CT molecular complexity index is 633. The van der Waals surface area contributed by atoms with Gasteiger partial charge < -0.3 is 5.32 Å². The minimum absolute atomic E-state index is 0.564. The molecule has 1 N–H and O–H groups in total. The highest BCUT2D eigenvalue weighted by Crippen LogP contribution is 2.23. The first-order valence-corrected chi connectivity index (χ1v) is 6.88. The van der Waals surface area contributed by atoms with E-state index in [1.807, 2.05) is 13.8 Å². The summed E-state index contributed by atoms with van der Waals surface area (Å²) in [5, 5.41) is 20.6. The SMILES string of the molecule is Cc1cc(CNc2nnc(C)c(C)c2C#N)sc1C. The Hall–Kier alpha value is -1.93. The molecule has 0 fully saturated rings. The maximum absolute atomic E-state index is 9.21. The van der Waals surface area contributed by atoms with Gasteiger partial charge in [0, 0.05) is 9.75 Å². The summed E-state index contributed by atoms with van der Waals surface area (Å²) in [6.07, 6.45) is 0. The van der Waals surface area contributed by atoms with Crippen molar-refractivity contribution in [3.05, 3.63) is 38.2 Å². The van der Waals surface area contributed by atoms with Crippen molar-refractivity contribution in [3.63, 3.8) is 0 Å². The van der Waals surface area contributed by atoms with Gasteiger partial charge in [0.15, 0.2) is 5.82 Å². The van der Waals surface area contributed by atoms with Gasteiger partial charge in [-0.1, -0.05) is 0 Å². The van der Waals surface area contributed by atoms with E-state index in [2.05, 4.69) is 41.5 Å². The Balaban J connectivity index is 2.21. The maximum Gasteiger partial charge on any atom is 0.167 e. The molecular weight excluding hydrogens is 256 g/mol. The number of aryl methyl sites for hydroxylation is 3. The molecule has 0 atom stereocenters. The van der Waals surface area contributed by atoms with Gasteiger partial charge in [0.25, 0.3) is 0 Å². The number of nitriles is 1. The molecule has 4 nitrogen and oxygen atoms in total. The molecule has 0 radical (unpaired) electrons. The van der Waals surface area contributed by atoms with Crippen LogP contribution in [-0.2, 0) is 6.54 Å². The molecule has 0 aliphatic rings. The minimum Gasteiger partial charge on any atom is -0.363 e. The monoisotopic (exact) mass is 272 g/mol. The maximum atomic E-state index is 9.21. The van der Waals surface area contributed by atoms with Crippen LogP contribution in [0.4, 0.5) is 5.82 Å². The lowest BCUT2D eigenvalue weighted by Gasteiger charge is -2.08. The van der Waals surface area contributed by atoms with Gasteiger partial charge in [-0.05, 0) is 44.9 Å². The summed E-state index contributed by atoms with van der Waals surface area (Å²) in [6.45, 7) is 8.64. The summed E-state index contributed by atoms with van der Waals surface area (Å²) >= 11 is 1.76. The van der Waals surface area contributed by atoms with Gasteiger partial charge in [-0.15, -0.1) is 16.4 Å². The highest BCUT2D eigenvalue weighted by atomic mass is 32.1. The molecule has 0 amide bonds. The lowest BCUT2D eigenvalue weighted by atomic mass is 10.1. The second-order valence-corrected chi connectivity index (χ2v) is 5.89. The topological polar surface area (TPSA) is 61.6 Å². The van der Waals surface area contributed by atoms with Crippen molar-refractivity contribution in [1.82, 2.24) is 10.2 Å². The van der Waals surface area contributed by atoms with E-state index in [0.29, 0.717) is 17.9 Å². The fourth-order valence-corrected chi connectivity index (χ4v) is 2.77. The standard InChI is InChI=1S/C14H16N4S/c1-8-5-12(19-11(8)4)7-16-14-13(6-15)9(2)10(3)17-18-14/h5H,7H2,1-4H3,(H,16,18). The van der Waals surface area contributed by atoms with Crippen molar-refractivity contribution in [1.29, 1.82) is 5.26 Å². The Kier molecular flexibility index (Phi) is 3.82. The van der Waals surface area contributed by atoms with E-state index in [-0.39, 0.29) is 0 Å². The first-order chi connectivity index (χ1) is 9.02.